The molecule has 0 unspecified atom stereocenters. The van der Waals surface area contributed by atoms with Crippen molar-refractivity contribution in [3.05, 3.63) is 24.1 Å². The third-order valence-electron chi connectivity index (χ3n) is 0.571. The van der Waals surface area contributed by atoms with Crippen molar-refractivity contribution in [3.8, 4) is 0 Å². The fraction of sp³-hybridized carbons (Fsp3) is 0.200. The van der Waals surface area contributed by atoms with Crippen molar-refractivity contribution < 1.29 is 13.0 Å². The van der Waals surface area contributed by atoms with Gasteiger partial charge in [0.25, 0.3) is 10.1 Å². The molecule has 0 fully saturated rings. The SMILES string of the molecule is C=CCC=CS(=O)(=O)O. The van der Waals surface area contributed by atoms with Crippen LogP contribution < -0.4 is 0 Å². The molecule has 0 spiro atoms. The van der Waals surface area contributed by atoms with E-state index in [9.17, 15) is 8.42 Å². The van der Waals surface area contributed by atoms with Crippen molar-refractivity contribution in [1.82, 2.24) is 0 Å². The zero-order valence-electron chi connectivity index (χ0n) is 4.82. The van der Waals surface area contributed by atoms with Crippen LogP contribution in [0.4, 0.5) is 0 Å². The molecule has 0 heterocycles. The van der Waals surface area contributed by atoms with Crippen LogP contribution in [0.25, 0.3) is 0 Å². The molecule has 0 atom stereocenters. The van der Waals surface area contributed by atoms with Crippen molar-refractivity contribution in [2.75, 3.05) is 0 Å². The summed E-state index contributed by atoms with van der Waals surface area (Å²) in [5, 5.41) is 0.731. The van der Waals surface area contributed by atoms with Gasteiger partial charge in [-0.1, -0.05) is 12.2 Å². The summed E-state index contributed by atoms with van der Waals surface area (Å²) in [6.07, 6.45) is 3.28. The highest BCUT2D eigenvalue weighted by Gasteiger charge is 1.91. The minimum Gasteiger partial charge on any atom is -0.282 e. The zero-order valence-corrected chi connectivity index (χ0v) is 5.63. The van der Waals surface area contributed by atoms with Gasteiger partial charge >= 0.3 is 0 Å². The highest BCUT2D eigenvalue weighted by atomic mass is 32.2. The molecule has 0 bridgehead atoms. The van der Waals surface area contributed by atoms with Crippen molar-refractivity contribution in [3.63, 3.8) is 0 Å². The minimum atomic E-state index is -3.92. The van der Waals surface area contributed by atoms with Crippen LogP contribution in [-0.4, -0.2) is 13.0 Å². The second-order valence-corrected chi connectivity index (χ2v) is 2.71. The van der Waals surface area contributed by atoms with E-state index in [-0.39, 0.29) is 0 Å². The maximum Gasteiger partial charge on any atom is 0.287 e. The fourth-order valence-electron chi connectivity index (χ4n) is 0.273. The summed E-state index contributed by atoms with van der Waals surface area (Å²) in [4.78, 5) is 0. The van der Waals surface area contributed by atoms with E-state index in [0.717, 1.165) is 5.41 Å². The number of hydrogen-bond acceptors (Lipinski definition) is 2. The molecule has 0 aromatic rings. The maximum atomic E-state index is 9.94. The minimum absolute atomic E-state index is 0.444. The third kappa shape index (κ3) is 7.39. The molecule has 0 radical (unpaired) electrons. The lowest BCUT2D eigenvalue weighted by atomic mass is 10.4. The van der Waals surface area contributed by atoms with Crippen LogP contribution in [-0.2, 0) is 10.1 Å². The molecule has 4 heteroatoms. The van der Waals surface area contributed by atoms with Gasteiger partial charge in [0.1, 0.15) is 0 Å². The van der Waals surface area contributed by atoms with Crippen molar-refractivity contribution in [1.29, 1.82) is 0 Å². The van der Waals surface area contributed by atoms with Crippen LogP contribution in [0, 0.1) is 0 Å². The van der Waals surface area contributed by atoms with E-state index >= 15 is 0 Å². The number of allylic oxidation sites excluding steroid dienone is 2. The number of hydrogen-bond donors (Lipinski definition) is 1. The van der Waals surface area contributed by atoms with Crippen molar-refractivity contribution >= 4 is 10.1 Å². The van der Waals surface area contributed by atoms with Gasteiger partial charge in [-0.05, 0) is 6.42 Å². The molecular weight excluding hydrogens is 140 g/mol. The lowest BCUT2D eigenvalue weighted by molar-refractivity contribution is 0.494. The van der Waals surface area contributed by atoms with Gasteiger partial charge in [0.15, 0.2) is 0 Å². The van der Waals surface area contributed by atoms with Crippen molar-refractivity contribution in [2.24, 2.45) is 0 Å². The van der Waals surface area contributed by atoms with Gasteiger partial charge in [-0.15, -0.1) is 6.58 Å². The molecule has 0 saturated heterocycles. The van der Waals surface area contributed by atoms with E-state index in [1.807, 2.05) is 0 Å². The molecule has 0 amide bonds. The molecule has 0 aromatic carbocycles. The standard InChI is InChI=1S/C5H8O3S/c1-2-3-4-5-9(6,7)8/h2,4-5H,1,3H2,(H,6,7,8). The highest BCUT2D eigenvalue weighted by Crippen LogP contribution is 1.88. The molecular formula is C5H8O3S. The van der Waals surface area contributed by atoms with E-state index in [1.165, 1.54) is 12.2 Å². The van der Waals surface area contributed by atoms with E-state index < -0.39 is 10.1 Å². The summed E-state index contributed by atoms with van der Waals surface area (Å²) in [7, 11) is -3.92. The lowest BCUT2D eigenvalue weighted by Crippen LogP contribution is -1.88. The first-order valence-corrected chi connectivity index (χ1v) is 3.81. The van der Waals surface area contributed by atoms with Gasteiger partial charge in [0, 0.05) is 0 Å². The Kier molecular flexibility index (Phi) is 3.19. The van der Waals surface area contributed by atoms with E-state index in [0.29, 0.717) is 6.42 Å². The van der Waals surface area contributed by atoms with Gasteiger partial charge in [0.05, 0.1) is 5.41 Å². The topological polar surface area (TPSA) is 54.4 Å². The number of rotatable bonds is 3. The van der Waals surface area contributed by atoms with Gasteiger partial charge in [-0.2, -0.15) is 8.42 Å². The summed E-state index contributed by atoms with van der Waals surface area (Å²) >= 11 is 0. The largest absolute Gasteiger partial charge is 0.287 e. The normalized spacial score (nSPS) is 12.1. The second kappa shape index (κ2) is 3.42. The Morgan fingerprint density at radius 3 is 2.44 bits per heavy atom. The van der Waals surface area contributed by atoms with E-state index in [2.05, 4.69) is 6.58 Å². The molecule has 0 aliphatic rings. The molecule has 0 rings (SSSR count). The Bertz CT molecular complexity index is 200. The van der Waals surface area contributed by atoms with Crippen LogP contribution in [0.5, 0.6) is 0 Å². The molecule has 52 valence electrons. The fourth-order valence-corrected chi connectivity index (χ4v) is 0.628. The molecule has 9 heavy (non-hydrogen) atoms. The zero-order chi connectivity index (χ0) is 7.33. The van der Waals surface area contributed by atoms with Gasteiger partial charge in [-0.3, -0.25) is 4.55 Å². The second-order valence-electron chi connectivity index (χ2n) is 1.41. The molecule has 0 aromatic heterocycles. The summed E-state index contributed by atoms with van der Waals surface area (Å²) < 4.78 is 28.0. The Morgan fingerprint density at radius 2 is 2.11 bits per heavy atom. The third-order valence-corrected chi connectivity index (χ3v) is 1.11. The van der Waals surface area contributed by atoms with Crippen LogP contribution in [0.1, 0.15) is 6.42 Å². The smallest absolute Gasteiger partial charge is 0.282 e. The van der Waals surface area contributed by atoms with E-state index in [4.69, 9.17) is 4.55 Å². The molecule has 0 aliphatic carbocycles. The van der Waals surface area contributed by atoms with Gasteiger partial charge in [0.2, 0.25) is 0 Å². The quantitative estimate of drug-likeness (QED) is 0.479. The lowest BCUT2D eigenvalue weighted by Gasteiger charge is -1.80. The Morgan fingerprint density at radius 1 is 1.56 bits per heavy atom. The maximum absolute atomic E-state index is 9.94. The van der Waals surface area contributed by atoms with Crippen molar-refractivity contribution in [2.45, 2.75) is 6.42 Å². The Balaban J connectivity index is 3.87. The first-order valence-electron chi connectivity index (χ1n) is 2.31. The van der Waals surface area contributed by atoms with Gasteiger partial charge < -0.3 is 0 Å². The average molecular weight is 148 g/mol. The first-order chi connectivity index (χ1) is 4.06. The summed E-state index contributed by atoms with van der Waals surface area (Å²) in [6.45, 7) is 3.35. The first kappa shape index (κ1) is 8.39. The summed E-state index contributed by atoms with van der Waals surface area (Å²) in [5.74, 6) is 0. The van der Waals surface area contributed by atoms with Crippen LogP contribution >= 0.6 is 0 Å². The summed E-state index contributed by atoms with van der Waals surface area (Å²) in [5.41, 5.74) is 0. The van der Waals surface area contributed by atoms with Gasteiger partial charge in [-0.25, -0.2) is 0 Å². The predicted octanol–water partition coefficient (Wildman–Crippen LogP) is 0.964. The monoisotopic (exact) mass is 148 g/mol. The predicted molar refractivity (Wildman–Crippen MR) is 35.5 cm³/mol. The molecule has 1 N–H and O–H groups in total. The Labute approximate surface area is 54.4 Å². The van der Waals surface area contributed by atoms with Crippen LogP contribution in [0.2, 0.25) is 0 Å². The molecule has 0 saturated carbocycles. The average Bonchev–Trinajstić information content (AvgIpc) is 1.63. The van der Waals surface area contributed by atoms with E-state index in [1.54, 1.807) is 0 Å². The molecule has 3 nitrogen and oxygen atoms in total. The Hall–Kier alpha value is -0.610. The summed E-state index contributed by atoms with van der Waals surface area (Å²) in [6, 6.07) is 0. The van der Waals surface area contributed by atoms with Crippen LogP contribution in [0.15, 0.2) is 24.1 Å². The molecule has 0 aliphatic heterocycles. The van der Waals surface area contributed by atoms with Crippen LogP contribution in [0.3, 0.4) is 0 Å². The highest BCUT2D eigenvalue weighted by molar-refractivity contribution is 7.88.